The first-order valence-electron chi connectivity index (χ1n) is 4.13. The molecule has 2 heteroatoms. The molecule has 0 aromatic heterocycles. The molecule has 0 aliphatic heterocycles. The van der Waals surface area contributed by atoms with Gasteiger partial charge in [0.1, 0.15) is 0 Å². The molecule has 1 aromatic carbocycles. The van der Waals surface area contributed by atoms with Gasteiger partial charge in [-0.1, -0.05) is 30.3 Å². The normalized spacial score (nSPS) is 11.1. The predicted octanol–water partition coefficient (Wildman–Crippen LogP) is 1.79. The molecule has 0 unspecified atom stereocenters. The van der Waals surface area contributed by atoms with E-state index in [0.717, 1.165) is 11.8 Å². The number of carbonyl (C=O) groups is 1. The Morgan fingerprint density at radius 2 is 1.85 bits per heavy atom. The lowest BCUT2D eigenvalue weighted by atomic mass is 10.2. The quantitative estimate of drug-likeness (QED) is 0.515. The van der Waals surface area contributed by atoms with Crippen molar-refractivity contribution in [3.05, 3.63) is 41.6 Å². The van der Waals surface area contributed by atoms with Crippen molar-refractivity contribution in [1.29, 1.82) is 0 Å². The van der Waals surface area contributed by atoms with Crippen molar-refractivity contribution in [3.8, 4) is 0 Å². The molecule has 0 radical (unpaired) electrons. The Morgan fingerprint density at radius 1 is 1.23 bits per heavy atom. The van der Waals surface area contributed by atoms with Crippen LogP contribution in [-0.4, -0.2) is 25.3 Å². The Hall–Kier alpha value is -1.57. The number of benzene rings is 1. The highest BCUT2D eigenvalue weighted by Crippen LogP contribution is 2.05. The highest BCUT2D eigenvalue weighted by Gasteiger charge is 1.96. The first-order chi connectivity index (χ1) is 6.24. The second-order valence-electron chi connectivity index (χ2n) is 2.99. The van der Waals surface area contributed by atoms with Gasteiger partial charge in [-0.2, -0.15) is 0 Å². The topological polar surface area (TPSA) is 20.3 Å². The minimum Gasteiger partial charge on any atom is -0.375 e. The molecule has 0 saturated heterocycles. The van der Waals surface area contributed by atoms with Gasteiger partial charge in [0.2, 0.25) is 0 Å². The molecule has 1 rings (SSSR count). The predicted molar refractivity (Wildman–Crippen MR) is 54.2 cm³/mol. The van der Waals surface area contributed by atoms with Gasteiger partial charge < -0.3 is 4.90 Å². The number of hydrogen-bond donors (Lipinski definition) is 0. The van der Waals surface area contributed by atoms with Gasteiger partial charge in [-0.25, -0.2) is 0 Å². The Kier molecular flexibility index (Phi) is 3.26. The van der Waals surface area contributed by atoms with Gasteiger partial charge in [-0.3, -0.25) is 4.79 Å². The van der Waals surface area contributed by atoms with Gasteiger partial charge in [-0.15, -0.1) is 0 Å². The van der Waals surface area contributed by atoms with Gasteiger partial charge in [-0.05, 0) is 11.6 Å². The van der Waals surface area contributed by atoms with Crippen molar-refractivity contribution in [2.24, 2.45) is 0 Å². The molecule has 1 aromatic rings. The van der Waals surface area contributed by atoms with Crippen molar-refractivity contribution in [2.45, 2.75) is 0 Å². The molecule has 0 spiro atoms. The fourth-order valence-electron chi connectivity index (χ4n) is 0.989. The van der Waals surface area contributed by atoms with E-state index in [1.807, 2.05) is 50.5 Å². The van der Waals surface area contributed by atoms with E-state index >= 15 is 0 Å². The lowest BCUT2D eigenvalue weighted by molar-refractivity contribution is -0.105. The molecule has 0 amide bonds. The summed E-state index contributed by atoms with van der Waals surface area (Å²) in [5, 5.41) is 0. The van der Waals surface area contributed by atoms with Crippen LogP contribution in [-0.2, 0) is 4.79 Å². The summed E-state index contributed by atoms with van der Waals surface area (Å²) in [6.07, 6.45) is 2.71. The summed E-state index contributed by atoms with van der Waals surface area (Å²) in [5.74, 6) is 0. The van der Waals surface area contributed by atoms with Crippen LogP contribution in [0.4, 0.5) is 0 Å². The number of allylic oxidation sites excluding steroid dienone is 1. The van der Waals surface area contributed by atoms with E-state index in [4.69, 9.17) is 0 Å². The van der Waals surface area contributed by atoms with Crippen molar-refractivity contribution < 1.29 is 4.79 Å². The van der Waals surface area contributed by atoms with Gasteiger partial charge >= 0.3 is 0 Å². The Morgan fingerprint density at radius 3 is 2.31 bits per heavy atom. The molecule has 0 bridgehead atoms. The third-order valence-electron chi connectivity index (χ3n) is 1.75. The second kappa shape index (κ2) is 4.45. The van der Waals surface area contributed by atoms with E-state index in [-0.39, 0.29) is 0 Å². The smallest absolute Gasteiger partial charge is 0.166 e. The fraction of sp³-hybridized carbons (Fsp3) is 0.182. The molecule has 0 saturated carbocycles. The van der Waals surface area contributed by atoms with E-state index in [1.165, 1.54) is 0 Å². The Bertz CT molecular complexity index is 301. The maximum atomic E-state index is 10.6. The molecule has 0 aliphatic rings. The molecule has 68 valence electrons. The van der Waals surface area contributed by atoms with E-state index in [0.29, 0.717) is 5.70 Å². The standard InChI is InChI=1S/C11H13NO/c1-12(2)11(9-13)8-10-6-4-3-5-7-10/h3-9H,1-2H3. The highest BCUT2D eigenvalue weighted by atomic mass is 16.1. The monoisotopic (exact) mass is 175 g/mol. The molecular weight excluding hydrogens is 162 g/mol. The third kappa shape index (κ3) is 2.75. The van der Waals surface area contributed by atoms with E-state index < -0.39 is 0 Å². The van der Waals surface area contributed by atoms with Crippen LogP contribution in [0.3, 0.4) is 0 Å². The Balaban J connectivity index is 2.92. The second-order valence-corrected chi connectivity index (χ2v) is 2.99. The van der Waals surface area contributed by atoms with E-state index in [1.54, 1.807) is 4.90 Å². The summed E-state index contributed by atoms with van der Waals surface area (Å²) in [5.41, 5.74) is 1.71. The van der Waals surface area contributed by atoms with Crippen LogP contribution >= 0.6 is 0 Å². The van der Waals surface area contributed by atoms with Crippen LogP contribution < -0.4 is 0 Å². The van der Waals surface area contributed by atoms with Crippen LogP contribution in [0, 0.1) is 0 Å². The number of nitrogens with zero attached hydrogens (tertiary/aromatic N) is 1. The maximum Gasteiger partial charge on any atom is 0.166 e. The summed E-state index contributed by atoms with van der Waals surface area (Å²) >= 11 is 0. The van der Waals surface area contributed by atoms with Crippen molar-refractivity contribution in [1.82, 2.24) is 4.90 Å². The maximum absolute atomic E-state index is 10.6. The van der Waals surface area contributed by atoms with Crippen LogP contribution in [0.15, 0.2) is 36.0 Å². The highest BCUT2D eigenvalue weighted by molar-refractivity contribution is 5.80. The van der Waals surface area contributed by atoms with Crippen molar-refractivity contribution >= 4 is 12.4 Å². The summed E-state index contributed by atoms with van der Waals surface area (Å²) in [6.45, 7) is 0. The zero-order valence-corrected chi connectivity index (χ0v) is 7.90. The van der Waals surface area contributed by atoms with Gasteiger partial charge in [0.15, 0.2) is 6.29 Å². The average Bonchev–Trinajstić information content (AvgIpc) is 2.15. The summed E-state index contributed by atoms with van der Waals surface area (Å²) in [7, 11) is 3.70. The molecule has 0 fully saturated rings. The number of hydrogen-bond acceptors (Lipinski definition) is 2. The molecule has 0 aliphatic carbocycles. The number of likely N-dealkylation sites (N-methyl/N-ethyl adjacent to an activating group) is 1. The largest absolute Gasteiger partial charge is 0.375 e. The first-order valence-corrected chi connectivity index (χ1v) is 4.13. The van der Waals surface area contributed by atoms with Crippen LogP contribution in [0.25, 0.3) is 6.08 Å². The molecule has 0 N–H and O–H groups in total. The minimum absolute atomic E-state index is 0.672. The zero-order valence-electron chi connectivity index (χ0n) is 7.90. The summed E-state index contributed by atoms with van der Waals surface area (Å²) < 4.78 is 0. The van der Waals surface area contributed by atoms with Crippen LogP contribution in [0.1, 0.15) is 5.56 Å². The summed E-state index contributed by atoms with van der Waals surface area (Å²) in [4.78, 5) is 12.4. The zero-order chi connectivity index (χ0) is 9.68. The van der Waals surface area contributed by atoms with Crippen molar-refractivity contribution in [2.75, 3.05) is 14.1 Å². The molecule has 2 nitrogen and oxygen atoms in total. The number of rotatable bonds is 3. The van der Waals surface area contributed by atoms with E-state index in [9.17, 15) is 4.79 Å². The SMILES string of the molecule is CN(C)C(C=O)=Cc1ccccc1. The lowest BCUT2D eigenvalue weighted by Gasteiger charge is -2.10. The van der Waals surface area contributed by atoms with Crippen molar-refractivity contribution in [3.63, 3.8) is 0 Å². The Labute approximate surface area is 78.5 Å². The number of aldehydes is 1. The lowest BCUT2D eigenvalue weighted by Crippen LogP contribution is -2.11. The molecule has 0 atom stereocenters. The van der Waals surface area contributed by atoms with Gasteiger partial charge in [0.25, 0.3) is 0 Å². The first kappa shape index (κ1) is 9.52. The third-order valence-corrected chi connectivity index (χ3v) is 1.75. The van der Waals surface area contributed by atoms with Gasteiger partial charge in [0.05, 0.1) is 5.70 Å². The van der Waals surface area contributed by atoms with E-state index in [2.05, 4.69) is 0 Å². The van der Waals surface area contributed by atoms with Crippen LogP contribution in [0.5, 0.6) is 0 Å². The minimum atomic E-state index is 0.672. The average molecular weight is 175 g/mol. The molecular formula is C11H13NO. The molecule has 0 heterocycles. The van der Waals surface area contributed by atoms with Gasteiger partial charge in [0, 0.05) is 14.1 Å². The van der Waals surface area contributed by atoms with Crippen LogP contribution in [0.2, 0.25) is 0 Å². The molecule has 13 heavy (non-hydrogen) atoms. The number of carbonyl (C=O) groups excluding carboxylic acids is 1. The summed E-state index contributed by atoms with van der Waals surface area (Å²) in [6, 6.07) is 9.78. The fourth-order valence-corrected chi connectivity index (χ4v) is 0.989.